The molecule has 0 radical (unpaired) electrons. The van der Waals surface area contributed by atoms with E-state index < -0.39 is 35.1 Å². The number of nitrogens with zero attached hydrogens (tertiary/aromatic N) is 7. The number of unbranched alkanes of at least 4 members (excludes halogenated alkanes) is 2. The van der Waals surface area contributed by atoms with Crippen LogP contribution in [-0.2, 0) is 33.5 Å². The lowest BCUT2D eigenvalue weighted by Gasteiger charge is -2.25. The third-order valence-electron chi connectivity index (χ3n) is 10.9. The molecule has 4 aromatic rings. The molecule has 298 valence electrons. The van der Waals surface area contributed by atoms with E-state index in [1.807, 2.05) is 26.0 Å². The van der Waals surface area contributed by atoms with E-state index in [2.05, 4.69) is 25.4 Å². The number of ketones is 1. The highest BCUT2D eigenvalue weighted by atomic mass is 19.4. The minimum Gasteiger partial charge on any atom is -0.348 e. The van der Waals surface area contributed by atoms with Crippen molar-refractivity contribution in [3.05, 3.63) is 65.0 Å². The Kier molecular flexibility index (Phi) is 11.1. The van der Waals surface area contributed by atoms with Gasteiger partial charge in [0.25, 0.3) is 0 Å². The maximum atomic E-state index is 14.3. The van der Waals surface area contributed by atoms with Crippen LogP contribution in [0.5, 0.6) is 0 Å². The van der Waals surface area contributed by atoms with Gasteiger partial charge in [0, 0.05) is 56.3 Å². The zero-order chi connectivity index (χ0) is 40.7. The minimum absolute atomic E-state index is 0.182. The Morgan fingerprint density at radius 2 is 1.68 bits per heavy atom. The monoisotopic (exact) mass is 774 g/mol. The number of benzene rings is 1. The molecule has 6 rings (SSSR count). The molecule has 12 nitrogen and oxygen atoms in total. The van der Waals surface area contributed by atoms with E-state index in [1.165, 1.54) is 22.6 Å². The fourth-order valence-corrected chi connectivity index (χ4v) is 7.83. The van der Waals surface area contributed by atoms with Gasteiger partial charge in [0.1, 0.15) is 35.6 Å². The van der Waals surface area contributed by atoms with Crippen molar-refractivity contribution < 1.29 is 32.3 Å². The topological polar surface area (TPSA) is 143 Å². The molecular weight excluding hydrogens is 725 g/mol. The van der Waals surface area contributed by atoms with Crippen molar-refractivity contribution in [2.45, 2.75) is 105 Å². The number of carbonyl (C=O) groups is 4. The van der Waals surface area contributed by atoms with Gasteiger partial charge in [-0.1, -0.05) is 32.8 Å². The number of alkyl halides is 3. The van der Waals surface area contributed by atoms with Gasteiger partial charge >= 0.3 is 6.18 Å². The predicted octanol–water partition coefficient (Wildman–Crippen LogP) is 6.96. The highest BCUT2D eigenvalue weighted by Crippen LogP contribution is 2.51. The number of Topliss-reactive ketones (excluding diaryl/α,β-unsaturated/α-hetero) is 1. The van der Waals surface area contributed by atoms with Crippen LogP contribution in [-0.4, -0.2) is 84.7 Å². The van der Waals surface area contributed by atoms with Gasteiger partial charge in [0.05, 0.1) is 5.52 Å². The third-order valence-corrected chi connectivity index (χ3v) is 10.9. The summed E-state index contributed by atoms with van der Waals surface area (Å²) in [7, 11) is 3.59. The van der Waals surface area contributed by atoms with E-state index >= 15 is 0 Å². The van der Waals surface area contributed by atoms with E-state index in [1.54, 1.807) is 45.2 Å². The summed E-state index contributed by atoms with van der Waals surface area (Å²) in [6.07, 6.45) is 4.81. The summed E-state index contributed by atoms with van der Waals surface area (Å²) >= 11 is 0. The molecule has 1 aliphatic heterocycles. The standard InChI is InChI=1S/C41H49F3N8O4/c1-24-12-13-32(41(42,43)44)47-36(24)48-37(55)31-19-39(4,5)23-51(31)33(54)22-52-35-27(11-9-8-10-14-40(15-16-40)38(56)50(6)7)17-28(29-20-45-26(3)46-21-29)18-30(35)34(49-52)25(2)53/h12-13,17-18,20-21,31H,8-11,14-16,19,22-23H2,1-7H3,(H,47,48,55)/t31-/m0/s1. The average Bonchev–Trinajstić information content (AvgIpc) is 3.71. The molecule has 0 bridgehead atoms. The highest BCUT2D eigenvalue weighted by Gasteiger charge is 2.49. The second-order valence-corrected chi connectivity index (χ2v) is 16.4. The Hall–Kier alpha value is -5.21. The molecule has 1 aromatic carbocycles. The Morgan fingerprint density at radius 3 is 2.30 bits per heavy atom. The highest BCUT2D eigenvalue weighted by molar-refractivity contribution is 6.07. The quantitative estimate of drug-likeness (QED) is 0.113. The summed E-state index contributed by atoms with van der Waals surface area (Å²) < 4.78 is 41.9. The number of pyridine rings is 1. The van der Waals surface area contributed by atoms with Gasteiger partial charge in [-0.25, -0.2) is 15.0 Å². The first kappa shape index (κ1) is 40.5. The van der Waals surface area contributed by atoms with Crippen molar-refractivity contribution in [3.8, 4) is 11.1 Å². The number of fused-ring (bicyclic) bond motifs is 1. The molecule has 2 aliphatic rings. The van der Waals surface area contributed by atoms with E-state index in [4.69, 9.17) is 0 Å². The number of rotatable bonds is 13. The first-order chi connectivity index (χ1) is 26.3. The number of nitrogens with one attached hydrogen (secondary N) is 1. The van der Waals surface area contributed by atoms with Crippen LogP contribution in [0.3, 0.4) is 0 Å². The molecule has 0 spiro atoms. The summed E-state index contributed by atoms with van der Waals surface area (Å²) in [5, 5.41) is 7.81. The van der Waals surface area contributed by atoms with Gasteiger partial charge in [-0.3, -0.25) is 23.9 Å². The number of anilines is 1. The van der Waals surface area contributed by atoms with E-state index in [0.717, 1.165) is 61.3 Å². The number of likely N-dealkylation sites (tertiary alicyclic amines) is 1. The second-order valence-electron chi connectivity index (χ2n) is 16.4. The molecule has 1 saturated carbocycles. The summed E-state index contributed by atoms with van der Waals surface area (Å²) in [5.41, 5.74) is 1.74. The maximum Gasteiger partial charge on any atom is 0.433 e. The number of halogens is 3. The van der Waals surface area contributed by atoms with Gasteiger partial charge in [-0.2, -0.15) is 18.3 Å². The minimum atomic E-state index is -4.70. The molecule has 0 unspecified atom stereocenters. The molecule has 1 atom stereocenters. The van der Waals surface area contributed by atoms with Crippen molar-refractivity contribution >= 4 is 40.2 Å². The Balaban J connectivity index is 1.29. The predicted molar refractivity (Wildman–Crippen MR) is 205 cm³/mol. The number of hydrogen-bond acceptors (Lipinski definition) is 8. The summed E-state index contributed by atoms with van der Waals surface area (Å²) in [6.45, 7) is 8.54. The van der Waals surface area contributed by atoms with Gasteiger partial charge < -0.3 is 15.1 Å². The lowest BCUT2D eigenvalue weighted by Crippen LogP contribution is -2.45. The molecule has 3 aromatic heterocycles. The van der Waals surface area contributed by atoms with Crippen molar-refractivity contribution in [2.75, 3.05) is 26.0 Å². The Morgan fingerprint density at radius 1 is 0.982 bits per heavy atom. The van der Waals surface area contributed by atoms with Crippen LogP contribution in [0.4, 0.5) is 19.0 Å². The van der Waals surface area contributed by atoms with E-state index in [-0.39, 0.29) is 48.1 Å². The van der Waals surface area contributed by atoms with Crippen LogP contribution in [0, 0.1) is 24.7 Å². The van der Waals surface area contributed by atoms with Crippen molar-refractivity contribution in [1.29, 1.82) is 0 Å². The van der Waals surface area contributed by atoms with Crippen LogP contribution in [0.25, 0.3) is 22.0 Å². The molecule has 3 amide bonds. The molecule has 1 aliphatic carbocycles. The van der Waals surface area contributed by atoms with Crippen LogP contribution < -0.4 is 5.32 Å². The van der Waals surface area contributed by atoms with Crippen LogP contribution in [0.15, 0.2) is 36.7 Å². The molecule has 56 heavy (non-hydrogen) atoms. The zero-order valence-electron chi connectivity index (χ0n) is 33.0. The van der Waals surface area contributed by atoms with Gasteiger partial charge in [-0.05, 0) is 92.7 Å². The first-order valence-electron chi connectivity index (χ1n) is 19.0. The molecule has 15 heteroatoms. The van der Waals surface area contributed by atoms with Gasteiger partial charge in [-0.15, -0.1) is 0 Å². The number of amides is 3. The third kappa shape index (κ3) is 8.61. The zero-order valence-corrected chi connectivity index (χ0v) is 33.0. The lowest BCUT2D eigenvalue weighted by atomic mass is 9.90. The van der Waals surface area contributed by atoms with E-state index in [9.17, 15) is 32.3 Å². The van der Waals surface area contributed by atoms with Crippen LogP contribution in [0.1, 0.15) is 98.9 Å². The normalized spacial score (nSPS) is 17.2. The maximum absolute atomic E-state index is 14.3. The van der Waals surface area contributed by atoms with E-state index in [0.29, 0.717) is 28.7 Å². The van der Waals surface area contributed by atoms with Crippen molar-refractivity contribution in [2.24, 2.45) is 10.8 Å². The first-order valence-corrected chi connectivity index (χ1v) is 19.0. The molecule has 2 fully saturated rings. The molecular formula is C41H49F3N8O4. The summed E-state index contributed by atoms with van der Waals surface area (Å²) in [4.78, 5) is 69.3. The fourth-order valence-electron chi connectivity index (χ4n) is 7.83. The van der Waals surface area contributed by atoms with Crippen molar-refractivity contribution in [3.63, 3.8) is 0 Å². The van der Waals surface area contributed by atoms with Crippen LogP contribution in [0.2, 0.25) is 0 Å². The second kappa shape index (κ2) is 15.4. The van der Waals surface area contributed by atoms with Crippen molar-refractivity contribution in [1.82, 2.24) is 34.5 Å². The average molecular weight is 775 g/mol. The van der Waals surface area contributed by atoms with Gasteiger partial charge in [0.2, 0.25) is 17.7 Å². The molecule has 4 heterocycles. The number of aryl methyl sites for hydroxylation is 3. The van der Waals surface area contributed by atoms with Gasteiger partial charge in [0.15, 0.2) is 5.78 Å². The number of hydrogen-bond donors (Lipinski definition) is 1. The Bertz CT molecular complexity index is 2170. The largest absolute Gasteiger partial charge is 0.433 e. The number of carbonyl (C=O) groups excluding carboxylic acids is 4. The lowest BCUT2D eigenvalue weighted by molar-refractivity contribution is -0.141. The molecule has 1 saturated heterocycles. The van der Waals surface area contributed by atoms with Crippen LogP contribution >= 0.6 is 0 Å². The number of aromatic nitrogens is 5. The summed E-state index contributed by atoms with van der Waals surface area (Å²) in [6, 6.07) is 4.99. The fraction of sp³-hybridized carbons (Fsp3) is 0.512. The smallest absolute Gasteiger partial charge is 0.348 e. The molecule has 1 N–H and O–H groups in total. The SMILES string of the molecule is CC(=O)c1nn(CC(=O)N2CC(C)(C)C[C@H]2C(=O)Nc2nc(C(F)(F)F)ccc2C)c2c(CCCCCC3(C(=O)N(C)C)CC3)cc(-c3cnc(C)nc3)cc12. The Labute approximate surface area is 324 Å². The summed E-state index contributed by atoms with van der Waals surface area (Å²) in [5.74, 6) is -0.771.